The summed E-state index contributed by atoms with van der Waals surface area (Å²) in [5.74, 6) is 0.859. The highest BCUT2D eigenvalue weighted by molar-refractivity contribution is 5.27. The number of ether oxygens (including phenoxy) is 2. The molecule has 0 aromatic heterocycles. The van der Waals surface area contributed by atoms with Crippen LogP contribution in [0.1, 0.15) is 31.4 Å². The van der Waals surface area contributed by atoms with E-state index in [1.54, 1.807) is 7.11 Å². The van der Waals surface area contributed by atoms with Gasteiger partial charge in [-0.3, -0.25) is 4.90 Å². The first-order valence-electron chi connectivity index (χ1n) is 9.29. The van der Waals surface area contributed by atoms with Gasteiger partial charge in [-0.25, -0.2) is 0 Å². The number of rotatable bonds is 11. The average Bonchev–Trinajstić information content (AvgIpc) is 2.68. The Bertz CT molecular complexity index is 615. The molecule has 0 fully saturated rings. The van der Waals surface area contributed by atoms with Gasteiger partial charge in [0.1, 0.15) is 5.75 Å². The SMILES string of the molecule is CC[C@H](C)N(Cc1ccc(OC)cc1)C[C@H](O)COCc1ccccc1. The quantitative estimate of drug-likeness (QED) is 0.663. The van der Waals surface area contributed by atoms with Gasteiger partial charge in [-0.2, -0.15) is 0 Å². The molecule has 0 saturated carbocycles. The fourth-order valence-corrected chi connectivity index (χ4v) is 2.83. The molecule has 2 aromatic carbocycles. The van der Waals surface area contributed by atoms with Crippen LogP contribution in [0.25, 0.3) is 0 Å². The predicted molar refractivity (Wildman–Crippen MR) is 105 cm³/mol. The molecular weight excluding hydrogens is 326 g/mol. The molecule has 26 heavy (non-hydrogen) atoms. The monoisotopic (exact) mass is 357 g/mol. The highest BCUT2D eigenvalue weighted by atomic mass is 16.5. The first-order chi connectivity index (χ1) is 12.6. The van der Waals surface area contributed by atoms with Gasteiger partial charge < -0.3 is 14.6 Å². The summed E-state index contributed by atoms with van der Waals surface area (Å²) < 4.78 is 10.9. The Labute approximate surface area is 157 Å². The van der Waals surface area contributed by atoms with Crippen LogP contribution < -0.4 is 4.74 Å². The molecule has 2 atom stereocenters. The summed E-state index contributed by atoms with van der Waals surface area (Å²) in [5, 5.41) is 10.4. The Morgan fingerprint density at radius 1 is 1.00 bits per heavy atom. The van der Waals surface area contributed by atoms with Crippen molar-refractivity contribution < 1.29 is 14.6 Å². The predicted octanol–water partition coefficient (Wildman–Crippen LogP) is 3.87. The maximum Gasteiger partial charge on any atom is 0.118 e. The molecule has 0 aliphatic rings. The largest absolute Gasteiger partial charge is 0.497 e. The number of benzene rings is 2. The topological polar surface area (TPSA) is 41.9 Å². The van der Waals surface area contributed by atoms with Gasteiger partial charge in [0.2, 0.25) is 0 Å². The molecule has 2 rings (SSSR count). The Balaban J connectivity index is 1.85. The van der Waals surface area contributed by atoms with Crippen LogP contribution >= 0.6 is 0 Å². The standard InChI is InChI=1S/C22H31NO3/c1-4-18(2)23(14-19-10-12-22(25-3)13-11-19)15-21(24)17-26-16-20-8-6-5-7-9-20/h5-13,18,21,24H,4,14-17H2,1-3H3/t18-,21-/m0/s1. The number of aliphatic hydroxyl groups excluding tert-OH is 1. The minimum Gasteiger partial charge on any atom is -0.497 e. The molecule has 0 aliphatic heterocycles. The van der Waals surface area contributed by atoms with E-state index in [0.29, 0.717) is 25.8 Å². The van der Waals surface area contributed by atoms with E-state index in [1.165, 1.54) is 5.56 Å². The average molecular weight is 357 g/mol. The first-order valence-corrected chi connectivity index (χ1v) is 9.29. The first kappa shape index (κ1) is 20.4. The number of hydrogen-bond acceptors (Lipinski definition) is 4. The van der Waals surface area contributed by atoms with Crippen molar-refractivity contribution >= 4 is 0 Å². The Kier molecular flexibility index (Phi) is 8.62. The van der Waals surface area contributed by atoms with Crippen LogP contribution in [0.5, 0.6) is 5.75 Å². The molecule has 0 unspecified atom stereocenters. The second kappa shape index (κ2) is 11.0. The molecule has 0 radical (unpaired) electrons. The smallest absolute Gasteiger partial charge is 0.118 e. The van der Waals surface area contributed by atoms with E-state index in [-0.39, 0.29) is 0 Å². The molecule has 0 amide bonds. The van der Waals surface area contributed by atoms with E-state index < -0.39 is 6.10 Å². The third-order valence-electron chi connectivity index (χ3n) is 4.63. The highest BCUT2D eigenvalue weighted by Gasteiger charge is 2.17. The van der Waals surface area contributed by atoms with Crippen molar-refractivity contribution in [3.8, 4) is 5.75 Å². The highest BCUT2D eigenvalue weighted by Crippen LogP contribution is 2.16. The maximum absolute atomic E-state index is 10.4. The van der Waals surface area contributed by atoms with E-state index in [2.05, 4.69) is 30.9 Å². The minimum atomic E-state index is -0.508. The van der Waals surface area contributed by atoms with E-state index in [4.69, 9.17) is 9.47 Å². The fourth-order valence-electron chi connectivity index (χ4n) is 2.83. The zero-order chi connectivity index (χ0) is 18.8. The zero-order valence-electron chi connectivity index (χ0n) is 16.1. The van der Waals surface area contributed by atoms with Gasteiger partial charge in [-0.1, -0.05) is 49.4 Å². The molecule has 1 N–H and O–H groups in total. The van der Waals surface area contributed by atoms with Gasteiger partial charge in [0.15, 0.2) is 0 Å². The van der Waals surface area contributed by atoms with E-state index in [9.17, 15) is 5.11 Å². The third-order valence-corrected chi connectivity index (χ3v) is 4.63. The molecule has 142 valence electrons. The van der Waals surface area contributed by atoms with Gasteiger partial charge in [-0.15, -0.1) is 0 Å². The number of aliphatic hydroxyl groups is 1. The van der Waals surface area contributed by atoms with Gasteiger partial charge in [0.05, 0.1) is 26.4 Å². The summed E-state index contributed by atoms with van der Waals surface area (Å²) in [6.07, 6.45) is 0.527. The summed E-state index contributed by atoms with van der Waals surface area (Å²) in [6, 6.07) is 18.5. The van der Waals surface area contributed by atoms with Crippen molar-refractivity contribution in [2.45, 2.75) is 45.6 Å². The number of hydrogen-bond donors (Lipinski definition) is 1. The Hall–Kier alpha value is -1.88. The summed E-state index contributed by atoms with van der Waals surface area (Å²) in [6.45, 7) is 6.62. The lowest BCUT2D eigenvalue weighted by molar-refractivity contribution is 0.00145. The summed E-state index contributed by atoms with van der Waals surface area (Å²) in [4.78, 5) is 2.30. The Morgan fingerprint density at radius 3 is 2.31 bits per heavy atom. The second-order valence-corrected chi connectivity index (χ2v) is 6.69. The van der Waals surface area contributed by atoms with Gasteiger partial charge in [-0.05, 0) is 36.6 Å². The molecule has 4 nitrogen and oxygen atoms in total. The van der Waals surface area contributed by atoms with Crippen molar-refractivity contribution in [2.24, 2.45) is 0 Å². The molecule has 2 aromatic rings. The van der Waals surface area contributed by atoms with Gasteiger partial charge in [0, 0.05) is 19.1 Å². The van der Waals surface area contributed by atoms with Crippen LogP contribution in [0.2, 0.25) is 0 Å². The van der Waals surface area contributed by atoms with Crippen molar-refractivity contribution in [3.05, 3.63) is 65.7 Å². The van der Waals surface area contributed by atoms with E-state index in [1.807, 2.05) is 42.5 Å². The lowest BCUT2D eigenvalue weighted by atomic mass is 10.1. The van der Waals surface area contributed by atoms with E-state index in [0.717, 1.165) is 24.3 Å². The minimum absolute atomic E-state index is 0.338. The second-order valence-electron chi connectivity index (χ2n) is 6.69. The van der Waals surface area contributed by atoms with E-state index >= 15 is 0 Å². The van der Waals surface area contributed by atoms with Crippen LogP contribution in [0.4, 0.5) is 0 Å². The summed E-state index contributed by atoms with van der Waals surface area (Å²) in [5.41, 5.74) is 2.33. The maximum atomic E-state index is 10.4. The van der Waals surface area contributed by atoms with Crippen LogP contribution in [-0.2, 0) is 17.9 Å². The molecule has 4 heteroatoms. The van der Waals surface area contributed by atoms with Crippen LogP contribution in [-0.4, -0.2) is 42.4 Å². The molecular formula is C22H31NO3. The number of methoxy groups -OCH3 is 1. The fraction of sp³-hybridized carbons (Fsp3) is 0.455. The van der Waals surface area contributed by atoms with Crippen LogP contribution in [0.15, 0.2) is 54.6 Å². The molecule has 0 spiro atoms. The van der Waals surface area contributed by atoms with Gasteiger partial charge >= 0.3 is 0 Å². The zero-order valence-corrected chi connectivity index (χ0v) is 16.1. The van der Waals surface area contributed by atoms with Crippen molar-refractivity contribution in [3.63, 3.8) is 0 Å². The summed E-state index contributed by atoms with van der Waals surface area (Å²) >= 11 is 0. The molecule has 0 saturated heterocycles. The van der Waals surface area contributed by atoms with Crippen molar-refractivity contribution in [1.29, 1.82) is 0 Å². The molecule has 0 bridgehead atoms. The van der Waals surface area contributed by atoms with Crippen molar-refractivity contribution in [2.75, 3.05) is 20.3 Å². The summed E-state index contributed by atoms with van der Waals surface area (Å²) in [7, 11) is 1.67. The molecule has 0 aliphatic carbocycles. The van der Waals surface area contributed by atoms with Crippen molar-refractivity contribution in [1.82, 2.24) is 4.90 Å². The van der Waals surface area contributed by atoms with Gasteiger partial charge in [0.25, 0.3) is 0 Å². The lowest BCUT2D eigenvalue weighted by Gasteiger charge is -2.30. The normalized spacial score (nSPS) is 13.6. The third kappa shape index (κ3) is 6.79. The Morgan fingerprint density at radius 2 is 1.69 bits per heavy atom. The number of nitrogens with zero attached hydrogens (tertiary/aromatic N) is 1. The molecule has 0 heterocycles. The van der Waals surface area contributed by atoms with Crippen LogP contribution in [0.3, 0.4) is 0 Å². The lowest BCUT2D eigenvalue weighted by Crippen LogP contribution is -2.39. The van der Waals surface area contributed by atoms with Crippen LogP contribution in [0, 0.1) is 0 Å².